The molecule has 140 valence electrons. The first-order valence-corrected chi connectivity index (χ1v) is 9.35. The van der Waals surface area contributed by atoms with E-state index in [9.17, 15) is 10.1 Å². The maximum absolute atomic E-state index is 12.3. The van der Waals surface area contributed by atoms with Crippen molar-refractivity contribution in [1.29, 1.82) is 5.26 Å². The minimum Gasteiger partial charge on any atom is -0.494 e. The maximum atomic E-state index is 12.3. The van der Waals surface area contributed by atoms with Gasteiger partial charge in [0.1, 0.15) is 17.4 Å². The Balaban J connectivity index is 1.96. The predicted octanol–water partition coefficient (Wildman–Crippen LogP) is 5.50. The summed E-state index contributed by atoms with van der Waals surface area (Å²) in [6, 6.07) is 16.9. The number of carbonyl (C=O) groups excluding carboxylic acids is 1. The van der Waals surface area contributed by atoms with E-state index in [4.69, 9.17) is 4.74 Å². The van der Waals surface area contributed by atoms with Gasteiger partial charge >= 0.3 is 0 Å². The monoisotopic (exact) mass is 362 g/mol. The molecule has 0 radical (unpaired) electrons. The second-order valence-electron chi connectivity index (χ2n) is 6.47. The highest BCUT2D eigenvalue weighted by molar-refractivity contribution is 6.09. The Morgan fingerprint density at radius 2 is 1.93 bits per heavy atom. The van der Waals surface area contributed by atoms with Crippen LogP contribution >= 0.6 is 0 Å². The number of benzene rings is 2. The lowest BCUT2D eigenvalue weighted by Crippen LogP contribution is -2.13. The number of rotatable bonds is 9. The van der Waals surface area contributed by atoms with Crippen molar-refractivity contribution in [2.75, 3.05) is 11.9 Å². The zero-order valence-electron chi connectivity index (χ0n) is 16.0. The van der Waals surface area contributed by atoms with E-state index in [2.05, 4.69) is 12.2 Å². The molecular weight excluding hydrogens is 336 g/mol. The lowest BCUT2D eigenvalue weighted by molar-refractivity contribution is -0.112. The molecule has 2 aromatic carbocycles. The Morgan fingerprint density at radius 3 is 2.59 bits per heavy atom. The molecule has 0 aliphatic heterocycles. The fourth-order valence-electron chi connectivity index (χ4n) is 2.62. The van der Waals surface area contributed by atoms with Gasteiger partial charge in [-0.2, -0.15) is 5.26 Å². The lowest BCUT2D eigenvalue weighted by Gasteiger charge is -2.07. The number of carbonyl (C=O) groups is 1. The van der Waals surface area contributed by atoms with Crippen LogP contribution in [0.4, 0.5) is 5.69 Å². The number of aryl methyl sites for hydroxylation is 1. The van der Waals surface area contributed by atoms with Gasteiger partial charge in [0.25, 0.3) is 5.91 Å². The quantitative estimate of drug-likeness (QED) is 0.364. The Morgan fingerprint density at radius 1 is 1.15 bits per heavy atom. The first-order chi connectivity index (χ1) is 13.1. The van der Waals surface area contributed by atoms with Crippen LogP contribution in [0, 0.1) is 18.3 Å². The Kier molecular flexibility index (Phi) is 8.12. The number of amides is 1. The first kappa shape index (κ1) is 20.3. The van der Waals surface area contributed by atoms with E-state index in [1.807, 2.05) is 55.5 Å². The van der Waals surface area contributed by atoms with Crippen molar-refractivity contribution in [3.8, 4) is 11.8 Å². The normalized spacial score (nSPS) is 10.9. The number of ether oxygens (including phenoxy) is 1. The fraction of sp³-hybridized carbons (Fsp3) is 0.304. The summed E-state index contributed by atoms with van der Waals surface area (Å²) in [5.74, 6) is 0.380. The number of anilines is 1. The van der Waals surface area contributed by atoms with Crippen LogP contribution in [0.3, 0.4) is 0 Å². The van der Waals surface area contributed by atoms with Crippen molar-refractivity contribution in [1.82, 2.24) is 0 Å². The summed E-state index contributed by atoms with van der Waals surface area (Å²) in [6.45, 7) is 4.84. The minimum absolute atomic E-state index is 0.0599. The molecular formula is C23H26N2O2. The van der Waals surface area contributed by atoms with Gasteiger partial charge in [0.15, 0.2) is 0 Å². The molecule has 0 fully saturated rings. The van der Waals surface area contributed by atoms with Crippen LogP contribution in [0.1, 0.15) is 43.7 Å². The second kappa shape index (κ2) is 10.8. The number of nitrogens with zero attached hydrogens (tertiary/aromatic N) is 1. The molecule has 0 aliphatic carbocycles. The van der Waals surface area contributed by atoms with E-state index < -0.39 is 5.91 Å². The van der Waals surface area contributed by atoms with Crippen molar-refractivity contribution >= 4 is 17.7 Å². The standard InChI is InChI=1S/C23H26N2O2/c1-3-4-5-6-14-27-22-12-10-19(11-13-22)16-20(17-24)23(26)25-21-9-7-8-18(2)15-21/h7-13,15-16H,3-6,14H2,1-2H3,(H,25,26). The summed E-state index contributed by atoms with van der Waals surface area (Å²) in [5.41, 5.74) is 2.56. The maximum Gasteiger partial charge on any atom is 0.266 e. The summed E-state index contributed by atoms with van der Waals surface area (Å²) in [6.07, 6.45) is 6.25. The SMILES string of the molecule is CCCCCCOc1ccc(C=C(C#N)C(=O)Nc2cccc(C)c2)cc1. The molecule has 0 bridgehead atoms. The molecule has 1 N–H and O–H groups in total. The average Bonchev–Trinajstić information content (AvgIpc) is 2.67. The van der Waals surface area contributed by atoms with Crippen molar-refractivity contribution < 1.29 is 9.53 Å². The van der Waals surface area contributed by atoms with Gasteiger partial charge in [-0.05, 0) is 54.8 Å². The highest BCUT2D eigenvalue weighted by Crippen LogP contribution is 2.16. The van der Waals surface area contributed by atoms with Gasteiger partial charge in [-0.3, -0.25) is 4.79 Å². The molecule has 0 aromatic heterocycles. The third-order valence-electron chi connectivity index (χ3n) is 4.10. The largest absolute Gasteiger partial charge is 0.494 e. The van der Waals surface area contributed by atoms with Crippen LogP contribution in [0.5, 0.6) is 5.75 Å². The highest BCUT2D eigenvalue weighted by Gasteiger charge is 2.09. The molecule has 0 unspecified atom stereocenters. The lowest BCUT2D eigenvalue weighted by atomic mass is 10.1. The Labute approximate surface area is 161 Å². The van der Waals surface area contributed by atoms with E-state index >= 15 is 0 Å². The number of unbranched alkanes of at least 4 members (excludes halogenated alkanes) is 3. The van der Waals surface area contributed by atoms with Crippen LogP contribution in [-0.4, -0.2) is 12.5 Å². The minimum atomic E-state index is -0.417. The van der Waals surface area contributed by atoms with Crippen molar-refractivity contribution in [2.24, 2.45) is 0 Å². The molecule has 2 aromatic rings. The molecule has 2 rings (SSSR count). The summed E-state index contributed by atoms with van der Waals surface area (Å²) in [7, 11) is 0. The van der Waals surface area contributed by atoms with Crippen LogP contribution in [-0.2, 0) is 4.79 Å². The van der Waals surface area contributed by atoms with Crippen molar-refractivity contribution in [3.63, 3.8) is 0 Å². The third-order valence-corrected chi connectivity index (χ3v) is 4.10. The molecule has 0 saturated heterocycles. The van der Waals surface area contributed by atoms with E-state index in [1.54, 1.807) is 12.1 Å². The molecule has 0 heterocycles. The highest BCUT2D eigenvalue weighted by atomic mass is 16.5. The van der Waals surface area contributed by atoms with E-state index in [0.717, 1.165) is 23.3 Å². The number of hydrogen-bond acceptors (Lipinski definition) is 3. The van der Waals surface area contributed by atoms with E-state index in [1.165, 1.54) is 19.3 Å². The molecule has 1 amide bonds. The Bertz CT molecular complexity index is 817. The number of nitrogens with one attached hydrogen (secondary N) is 1. The first-order valence-electron chi connectivity index (χ1n) is 9.35. The van der Waals surface area contributed by atoms with Gasteiger partial charge in [-0.1, -0.05) is 50.5 Å². The van der Waals surface area contributed by atoms with Gasteiger partial charge in [-0.25, -0.2) is 0 Å². The van der Waals surface area contributed by atoms with Gasteiger partial charge in [0.05, 0.1) is 6.61 Å². The summed E-state index contributed by atoms with van der Waals surface area (Å²) in [5, 5.41) is 12.1. The smallest absolute Gasteiger partial charge is 0.266 e. The second-order valence-corrected chi connectivity index (χ2v) is 6.47. The summed E-state index contributed by atoms with van der Waals surface area (Å²) < 4.78 is 5.71. The topological polar surface area (TPSA) is 62.1 Å². The molecule has 0 spiro atoms. The van der Waals surface area contributed by atoms with Crippen molar-refractivity contribution in [3.05, 3.63) is 65.2 Å². The van der Waals surface area contributed by atoms with Crippen LogP contribution in [0.25, 0.3) is 6.08 Å². The summed E-state index contributed by atoms with van der Waals surface area (Å²) >= 11 is 0. The third kappa shape index (κ3) is 6.99. The van der Waals surface area contributed by atoms with Gasteiger partial charge in [0.2, 0.25) is 0 Å². The van der Waals surface area contributed by atoms with E-state index in [0.29, 0.717) is 12.3 Å². The molecule has 0 atom stereocenters. The average molecular weight is 362 g/mol. The number of hydrogen-bond donors (Lipinski definition) is 1. The van der Waals surface area contributed by atoms with Crippen LogP contribution in [0.2, 0.25) is 0 Å². The zero-order chi connectivity index (χ0) is 19.5. The van der Waals surface area contributed by atoms with Gasteiger partial charge in [0, 0.05) is 5.69 Å². The van der Waals surface area contributed by atoms with Crippen molar-refractivity contribution in [2.45, 2.75) is 39.5 Å². The number of nitriles is 1. The molecule has 0 saturated carbocycles. The van der Waals surface area contributed by atoms with Gasteiger partial charge in [-0.15, -0.1) is 0 Å². The zero-order valence-corrected chi connectivity index (χ0v) is 16.0. The molecule has 4 nitrogen and oxygen atoms in total. The predicted molar refractivity (Wildman–Crippen MR) is 109 cm³/mol. The molecule has 4 heteroatoms. The molecule has 27 heavy (non-hydrogen) atoms. The van der Waals surface area contributed by atoms with Gasteiger partial charge < -0.3 is 10.1 Å². The Hall–Kier alpha value is -3.06. The van der Waals surface area contributed by atoms with E-state index in [-0.39, 0.29) is 5.57 Å². The summed E-state index contributed by atoms with van der Waals surface area (Å²) in [4.78, 5) is 12.3. The molecule has 0 aliphatic rings. The fourth-order valence-corrected chi connectivity index (χ4v) is 2.62. The van der Waals surface area contributed by atoms with Crippen LogP contribution in [0.15, 0.2) is 54.1 Å². The van der Waals surface area contributed by atoms with Crippen LogP contribution < -0.4 is 10.1 Å².